The predicted molar refractivity (Wildman–Crippen MR) is 70.8 cm³/mol. The third-order valence-corrected chi connectivity index (χ3v) is 3.80. The fourth-order valence-corrected chi connectivity index (χ4v) is 2.61. The smallest absolute Gasteiger partial charge is 0.229 e. The van der Waals surface area contributed by atoms with E-state index in [1.807, 2.05) is 0 Å². The zero-order chi connectivity index (χ0) is 13.1. The number of ether oxygens (including phenoxy) is 1. The lowest BCUT2D eigenvalue weighted by Gasteiger charge is -2.31. The van der Waals surface area contributed by atoms with Crippen LogP contribution in [-0.4, -0.2) is 40.8 Å². The SMILES string of the molecule is CCCO[C@@H]1CCCN(Cc2noc(C3CC3)n2)C1. The molecule has 0 unspecified atom stereocenters. The summed E-state index contributed by atoms with van der Waals surface area (Å²) in [7, 11) is 0. The Morgan fingerprint density at radius 3 is 3.05 bits per heavy atom. The number of rotatable bonds is 6. The molecule has 19 heavy (non-hydrogen) atoms. The summed E-state index contributed by atoms with van der Waals surface area (Å²) < 4.78 is 11.2. The minimum Gasteiger partial charge on any atom is -0.377 e. The van der Waals surface area contributed by atoms with Gasteiger partial charge in [-0.2, -0.15) is 4.98 Å². The van der Waals surface area contributed by atoms with Crippen molar-refractivity contribution in [2.45, 2.75) is 57.6 Å². The summed E-state index contributed by atoms with van der Waals surface area (Å²) in [6.07, 6.45) is 6.25. The van der Waals surface area contributed by atoms with Crippen molar-refractivity contribution in [2.24, 2.45) is 0 Å². The highest BCUT2D eigenvalue weighted by molar-refractivity contribution is 5.01. The maximum atomic E-state index is 5.85. The van der Waals surface area contributed by atoms with Crippen LogP contribution >= 0.6 is 0 Å². The van der Waals surface area contributed by atoms with Gasteiger partial charge in [0.15, 0.2) is 5.82 Å². The molecule has 1 aromatic heterocycles. The van der Waals surface area contributed by atoms with E-state index >= 15 is 0 Å². The molecule has 2 aliphatic rings. The van der Waals surface area contributed by atoms with Crippen molar-refractivity contribution in [2.75, 3.05) is 19.7 Å². The maximum Gasteiger partial charge on any atom is 0.229 e. The van der Waals surface area contributed by atoms with Gasteiger partial charge in [-0.05, 0) is 38.6 Å². The van der Waals surface area contributed by atoms with Crippen LogP contribution in [0.5, 0.6) is 0 Å². The number of likely N-dealkylation sites (tertiary alicyclic amines) is 1. The molecular formula is C14H23N3O2. The number of hydrogen-bond donors (Lipinski definition) is 0. The van der Waals surface area contributed by atoms with Crippen molar-refractivity contribution >= 4 is 0 Å². The van der Waals surface area contributed by atoms with Gasteiger partial charge in [-0.25, -0.2) is 0 Å². The van der Waals surface area contributed by atoms with E-state index < -0.39 is 0 Å². The van der Waals surface area contributed by atoms with Gasteiger partial charge < -0.3 is 9.26 Å². The van der Waals surface area contributed by atoms with Crippen LogP contribution in [0.2, 0.25) is 0 Å². The Hall–Kier alpha value is -0.940. The van der Waals surface area contributed by atoms with Crippen molar-refractivity contribution in [3.8, 4) is 0 Å². The number of nitrogens with zero attached hydrogens (tertiary/aromatic N) is 3. The highest BCUT2D eigenvalue weighted by atomic mass is 16.5. The average Bonchev–Trinajstić information content (AvgIpc) is 3.18. The van der Waals surface area contributed by atoms with Crippen LogP contribution in [0.25, 0.3) is 0 Å². The molecule has 1 aliphatic carbocycles. The molecule has 1 saturated carbocycles. The first-order chi connectivity index (χ1) is 9.35. The normalized spacial score (nSPS) is 24.8. The topological polar surface area (TPSA) is 51.4 Å². The molecule has 2 fully saturated rings. The number of piperidine rings is 1. The van der Waals surface area contributed by atoms with Crippen molar-refractivity contribution in [1.82, 2.24) is 15.0 Å². The quantitative estimate of drug-likeness (QED) is 0.790. The molecule has 0 bridgehead atoms. The molecule has 3 rings (SSSR count). The molecule has 5 heteroatoms. The summed E-state index contributed by atoms with van der Waals surface area (Å²) in [5.74, 6) is 2.21. The number of hydrogen-bond acceptors (Lipinski definition) is 5. The first-order valence-corrected chi connectivity index (χ1v) is 7.51. The highest BCUT2D eigenvalue weighted by Gasteiger charge is 2.30. The summed E-state index contributed by atoms with van der Waals surface area (Å²) in [4.78, 5) is 6.87. The Labute approximate surface area is 114 Å². The highest BCUT2D eigenvalue weighted by Crippen LogP contribution is 2.38. The second-order valence-corrected chi connectivity index (χ2v) is 5.69. The maximum absolute atomic E-state index is 5.85. The van der Waals surface area contributed by atoms with E-state index in [4.69, 9.17) is 9.26 Å². The molecule has 0 radical (unpaired) electrons. The van der Waals surface area contributed by atoms with Crippen LogP contribution in [-0.2, 0) is 11.3 Å². The molecule has 1 saturated heterocycles. The van der Waals surface area contributed by atoms with Gasteiger partial charge in [0.25, 0.3) is 0 Å². The van der Waals surface area contributed by atoms with Crippen molar-refractivity contribution < 1.29 is 9.26 Å². The second-order valence-electron chi connectivity index (χ2n) is 5.69. The van der Waals surface area contributed by atoms with E-state index in [9.17, 15) is 0 Å². The van der Waals surface area contributed by atoms with E-state index in [1.165, 1.54) is 25.7 Å². The summed E-state index contributed by atoms with van der Waals surface area (Å²) >= 11 is 0. The van der Waals surface area contributed by atoms with E-state index in [2.05, 4.69) is 22.0 Å². The van der Waals surface area contributed by atoms with E-state index in [1.54, 1.807) is 0 Å². The van der Waals surface area contributed by atoms with Crippen molar-refractivity contribution in [3.05, 3.63) is 11.7 Å². The molecule has 0 amide bonds. The van der Waals surface area contributed by atoms with Gasteiger partial charge in [0.2, 0.25) is 5.89 Å². The Balaban J connectivity index is 1.50. The van der Waals surface area contributed by atoms with Gasteiger partial charge in [0, 0.05) is 19.1 Å². The molecule has 106 valence electrons. The predicted octanol–water partition coefficient (Wildman–Crippen LogP) is 2.34. The molecule has 0 aromatic carbocycles. The molecule has 0 N–H and O–H groups in total. The number of aromatic nitrogens is 2. The van der Waals surface area contributed by atoms with Crippen molar-refractivity contribution in [1.29, 1.82) is 0 Å². The molecular weight excluding hydrogens is 242 g/mol. The minimum atomic E-state index is 0.378. The largest absolute Gasteiger partial charge is 0.377 e. The lowest BCUT2D eigenvalue weighted by Crippen LogP contribution is -2.39. The fraction of sp³-hybridized carbons (Fsp3) is 0.857. The Kier molecular flexibility index (Phi) is 4.13. The van der Waals surface area contributed by atoms with Gasteiger partial charge in [-0.15, -0.1) is 0 Å². The minimum absolute atomic E-state index is 0.378. The molecule has 1 aliphatic heterocycles. The van der Waals surface area contributed by atoms with Gasteiger partial charge in [-0.3, -0.25) is 4.90 Å². The molecule has 1 aromatic rings. The Morgan fingerprint density at radius 2 is 2.26 bits per heavy atom. The second kappa shape index (κ2) is 6.01. The third-order valence-electron chi connectivity index (χ3n) is 3.80. The first-order valence-electron chi connectivity index (χ1n) is 7.51. The van der Waals surface area contributed by atoms with Crippen LogP contribution in [0, 0.1) is 0 Å². The third kappa shape index (κ3) is 3.54. The van der Waals surface area contributed by atoms with E-state index in [0.717, 1.165) is 44.4 Å². The van der Waals surface area contributed by atoms with Crippen LogP contribution < -0.4 is 0 Å². The summed E-state index contributed by atoms with van der Waals surface area (Å²) in [6, 6.07) is 0. The molecule has 0 spiro atoms. The van der Waals surface area contributed by atoms with Crippen molar-refractivity contribution in [3.63, 3.8) is 0 Å². The molecule has 5 nitrogen and oxygen atoms in total. The van der Waals surface area contributed by atoms with Gasteiger partial charge in [0.1, 0.15) is 0 Å². The average molecular weight is 265 g/mol. The van der Waals surface area contributed by atoms with E-state index in [-0.39, 0.29) is 0 Å². The lowest BCUT2D eigenvalue weighted by atomic mass is 10.1. The Morgan fingerprint density at radius 1 is 1.37 bits per heavy atom. The first kappa shape index (κ1) is 13.1. The zero-order valence-electron chi connectivity index (χ0n) is 11.7. The molecule has 2 heterocycles. The van der Waals surface area contributed by atoms with Gasteiger partial charge >= 0.3 is 0 Å². The fourth-order valence-electron chi connectivity index (χ4n) is 2.61. The molecule has 1 atom stereocenters. The summed E-state index contributed by atoms with van der Waals surface area (Å²) in [6.45, 7) is 5.92. The van der Waals surface area contributed by atoms with Crippen LogP contribution in [0.3, 0.4) is 0 Å². The summed E-state index contributed by atoms with van der Waals surface area (Å²) in [5, 5.41) is 4.09. The van der Waals surface area contributed by atoms with Crippen LogP contribution in [0.15, 0.2) is 4.52 Å². The zero-order valence-corrected chi connectivity index (χ0v) is 11.7. The van der Waals surface area contributed by atoms with Crippen LogP contribution in [0.4, 0.5) is 0 Å². The van der Waals surface area contributed by atoms with E-state index in [0.29, 0.717) is 12.0 Å². The summed E-state index contributed by atoms with van der Waals surface area (Å²) in [5.41, 5.74) is 0. The monoisotopic (exact) mass is 265 g/mol. The van der Waals surface area contributed by atoms with Crippen LogP contribution in [0.1, 0.15) is 56.7 Å². The van der Waals surface area contributed by atoms with Gasteiger partial charge in [-0.1, -0.05) is 12.1 Å². The van der Waals surface area contributed by atoms with Gasteiger partial charge in [0.05, 0.1) is 12.6 Å². The standard InChI is InChI=1S/C14H23N3O2/c1-2-8-18-12-4-3-7-17(9-12)10-13-15-14(19-16-13)11-5-6-11/h11-12H,2-10H2,1H3/t12-/m1/s1. The lowest BCUT2D eigenvalue weighted by molar-refractivity contribution is -0.00299. The Bertz CT molecular complexity index is 403.